The first-order chi connectivity index (χ1) is 10.5. The molecule has 3 N–H and O–H groups in total. The maximum atomic E-state index is 11.9. The third-order valence-electron chi connectivity index (χ3n) is 2.89. The fourth-order valence-electron chi connectivity index (χ4n) is 1.83. The van der Waals surface area contributed by atoms with Crippen molar-refractivity contribution < 1.29 is 9.59 Å². The molecule has 6 heteroatoms. The molecule has 0 aliphatic rings. The number of hydrogen-bond donors (Lipinski definition) is 3. The minimum absolute atomic E-state index is 0.247. The van der Waals surface area contributed by atoms with Crippen LogP contribution in [0.4, 0.5) is 17.2 Å². The first-order valence-electron chi connectivity index (χ1n) is 6.90. The highest BCUT2D eigenvalue weighted by molar-refractivity contribution is 5.96. The molecule has 2 rings (SSSR count). The number of nitrogens with zero attached hydrogens (tertiary/aromatic N) is 1. The van der Waals surface area contributed by atoms with Crippen LogP contribution in [-0.2, 0) is 9.59 Å². The van der Waals surface area contributed by atoms with E-state index >= 15 is 0 Å². The maximum absolute atomic E-state index is 11.9. The van der Waals surface area contributed by atoms with Gasteiger partial charge in [-0.3, -0.25) is 9.59 Å². The van der Waals surface area contributed by atoms with Gasteiger partial charge in [-0.25, -0.2) is 4.98 Å². The number of pyridine rings is 1. The van der Waals surface area contributed by atoms with Gasteiger partial charge in [-0.15, -0.1) is 0 Å². The van der Waals surface area contributed by atoms with Crippen molar-refractivity contribution in [2.45, 2.75) is 19.9 Å². The van der Waals surface area contributed by atoms with Gasteiger partial charge >= 0.3 is 0 Å². The Balaban J connectivity index is 1.94. The van der Waals surface area contributed by atoms with Gasteiger partial charge in [0.15, 0.2) is 0 Å². The lowest BCUT2D eigenvalue weighted by Gasteiger charge is -2.13. The zero-order valence-electron chi connectivity index (χ0n) is 12.5. The Hall–Kier alpha value is -2.89. The van der Waals surface area contributed by atoms with E-state index in [1.807, 2.05) is 30.3 Å². The minimum atomic E-state index is -0.598. The first kappa shape index (κ1) is 15.5. The molecule has 0 spiro atoms. The molecule has 1 aromatic heterocycles. The number of carbonyl (C=O) groups is 2. The summed E-state index contributed by atoms with van der Waals surface area (Å²) in [5.41, 5.74) is 1.51. The quantitative estimate of drug-likeness (QED) is 0.791. The molecule has 1 unspecified atom stereocenters. The molecule has 0 radical (unpaired) electrons. The minimum Gasteiger partial charge on any atom is -0.345 e. The van der Waals surface area contributed by atoms with Crippen molar-refractivity contribution in [3.05, 3.63) is 48.7 Å². The van der Waals surface area contributed by atoms with Crippen molar-refractivity contribution in [2.24, 2.45) is 0 Å². The number of hydrogen-bond acceptors (Lipinski definition) is 4. The largest absolute Gasteiger partial charge is 0.345 e. The number of carbonyl (C=O) groups excluding carboxylic acids is 2. The zero-order chi connectivity index (χ0) is 15.9. The van der Waals surface area contributed by atoms with Crippen molar-refractivity contribution in [3.63, 3.8) is 0 Å². The Kier molecular flexibility index (Phi) is 5.08. The molecule has 0 bridgehead atoms. The normalized spacial score (nSPS) is 11.4. The van der Waals surface area contributed by atoms with Crippen LogP contribution < -0.4 is 16.0 Å². The Morgan fingerprint density at radius 3 is 2.36 bits per heavy atom. The summed E-state index contributed by atoms with van der Waals surface area (Å²) in [5.74, 6) is 0.142. The van der Waals surface area contributed by atoms with Gasteiger partial charge in [-0.2, -0.15) is 0 Å². The molecule has 0 aliphatic carbocycles. The monoisotopic (exact) mass is 298 g/mol. The Morgan fingerprint density at radius 1 is 1.05 bits per heavy atom. The number of amides is 2. The van der Waals surface area contributed by atoms with Crippen LogP contribution in [-0.4, -0.2) is 22.8 Å². The van der Waals surface area contributed by atoms with Gasteiger partial charge in [0.2, 0.25) is 11.8 Å². The van der Waals surface area contributed by atoms with Gasteiger partial charge < -0.3 is 16.0 Å². The van der Waals surface area contributed by atoms with E-state index < -0.39 is 6.04 Å². The van der Waals surface area contributed by atoms with Crippen molar-refractivity contribution in [3.8, 4) is 0 Å². The molecule has 1 aromatic carbocycles. The lowest BCUT2D eigenvalue weighted by molar-refractivity contribution is -0.124. The third kappa shape index (κ3) is 4.59. The molecule has 1 heterocycles. The van der Waals surface area contributed by atoms with Crippen LogP contribution in [0.3, 0.4) is 0 Å². The lowest BCUT2D eigenvalue weighted by Crippen LogP contribution is -2.40. The van der Waals surface area contributed by atoms with E-state index in [9.17, 15) is 9.59 Å². The van der Waals surface area contributed by atoms with Gasteiger partial charge in [0.05, 0.1) is 11.9 Å². The van der Waals surface area contributed by atoms with Gasteiger partial charge in [-0.05, 0) is 31.2 Å². The van der Waals surface area contributed by atoms with E-state index in [0.29, 0.717) is 11.5 Å². The number of aromatic nitrogens is 1. The Labute approximate surface area is 129 Å². The van der Waals surface area contributed by atoms with Crippen LogP contribution in [0, 0.1) is 0 Å². The Morgan fingerprint density at radius 2 is 1.77 bits per heavy atom. The van der Waals surface area contributed by atoms with Crippen molar-refractivity contribution in [1.29, 1.82) is 0 Å². The second kappa shape index (κ2) is 7.21. The highest BCUT2D eigenvalue weighted by Gasteiger charge is 2.13. The number of anilines is 3. The Bertz CT molecular complexity index is 641. The number of nitrogens with one attached hydrogen (secondary N) is 3. The summed E-state index contributed by atoms with van der Waals surface area (Å²) in [6.07, 6.45) is 1.56. The van der Waals surface area contributed by atoms with E-state index in [2.05, 4.69) is 20.9 Å². The van der Waals surface area contributed by atoms with Crippen LogP contribution in [0.25, 0.3) is 0 Å². The second-order valence-corrected chi connectivity index (χ2v) is 4.83. The van der Waals surface area contributed by atoms with Crippen molar-refractivity contribution in [2.75, 3.05) is 10.6 Å². The van der Waals surface area contributed by atoms with Crippen LogP contribution in [0.1, 0.15) is 13.8 Å². The fraction of sp³-hybridized carbons (Fsp3) is 0.188. The van der Waals surface area contributed by atoms with Crippen LogP contribution >= 0.6 is 0 Å². The molecule has 114 valence electrons. The topological polar surface area (TPSA) is 83.1 Å². The fourth-order valence-corrected chi connectivity index (χ4v) is 1.83. The molecule has 22 heavy (non-hydrogen) atoms. The van der Waals surface area contributed by atoms with E-state index in [1.165, 1.54) is 6.92 Å². The third-order valence-corrected chi connectivity index (χ3v) is 2.89. The van der Waals surface area contributed by atoms with E-state index in [1.54, 1.807) is 25.3 Å². The first-order valence-corrected chi connectivity index (χ1v) is 6.90. The van der Waals surface area contributed by atoms with Crippen molar-refractivity contribution >= 4 is 29.0 Å². The van der Waals surface area contributed by atoms with Gasteiger partial charge in [0, 0.05) is 12.6 Å². The highest BCUT2D eigenvalue weighted by atomic mass is 16.2. The molecule has 2 amide bonds. The van der Waals surface area contributed by atoms with Gasteiger partial charge in [0.25, 0.3) is 0 Å². The zero-order valence-corrected chi connectivity index (χ0v) is 12.5. The molecule has 0 aliphatic heterocycles. The SMILES string of the molecule is CC(=O)NC(C)C(=O)Nc1ccc(Nc2ccccc2)nc1. The van der Waals surface area contributed by atoms with Gasteiger partial charge in [0.1, 0.15) is 11.9 Å². The lowest BCUT2D eigenvalue weighted by atomic mass is 10.3. The summed E-state index contributed by atoms with van der Waals surface area (Å²) >= 11 is 0. The summed E-state index contributed by atoms with van der Waals surface area (Å²) in [5, 5.41) is 8.37. The smallest absolute Gasteiger partial charge is 0.246 e. The average Bonchev–Trinajstić information content (AvgIpc) is 2.49. The number of benzene rings is 1. The summed E-state index contributed by atoms with van der Waals surface area (Å²) in [6, 6.07) is 12.6. The second-order valence-electron chi connectivity index (χ2n) is 4.83. The number of rotatable bonds is 5. The standard InChI is InChI=1S/C16H18N4O2/c1-11(18-12(2)21)16(22)20-14-8-9-15(17-10-14)19-13-6-4-3-5-7-13/h3-11H,1-2H3,(H,17,19)(H,18,21)(H,20,22). The summed E-state index contributed by atoms with van der Waals surface area (Å²) in [4.78, 5) is 27.0. The molecule has 6 nitrogen and oxygen atoms in total. The molecule has 0 fully saturated rings. The van der Waals surface area contributed by atoms with E-state index in [4.69, 9.17) is 0 Å². The molecule has 0 saturated carbocycles. The van der Waals surface area contributed by atoms with Crippen LogP contribution in [0.15, 0.2) is 48.7 Å². The predicted molar refractivity (Wildman–Crippen MR) is 85.9 cm³/mol. The maximum Gasteiger partial charge on any atom is 0.246 e. The molecule has 1 atom stereocenters. The molecule has 2 aromatic rings. The van der Waals surface area contributed by atoms with E-state index in [-0.39, 0.29) is 11.8 Å². The average molecular weight is 298 g/mol. The molecular formula is C16H18N4O2. The predicted octanol–water partition coefficient (Wildman–Crippen LogP) is 2.29. The van der Waals surface area contributed by atoms with Gasteiger partial charge in [-0.1, -0.05) is 18.2 Å². The van der Waals surface area contributed by atoms with Crippen LogP contribution in [0.2, 0.25) is 0 Å². The summed E-state index contributed by atoms with van der Waals surface area (Å²) in [6.45, 7) is 2.99. The number of para-hydroxylation sites is 1. The van der Waals surface area contributed by atoms with Crippen LogP contribution in [0.5, 0.6) is 0 Å². The highest BCUT2D eigenvalue weighted by Crippen LogP contribution is 2.15. The molecular weight excluding hydrogens is 280 g/mol. The summed E-state index contributed by atoms with van der Waals surface area (Å²) < 4.78 is 0. The summed E-state index contributed by atoms with van der Waals surface area (Å²) in [7, 11) is 0. The van der Waals surface area contributed by atoms with E-state index in [0.717, 1.165) is 5.69 Å². The van der Waals surface area contributed by atoms with Crippen molar-refractivity contribution in [1.82, 2.24) is 10.3 Å². The molecule has 0 saturated heterocycles.